The number of nitrogens with zero attached hydrogens (tertiary/aromatic N) is 1. The molecule has 2 heterocycles. The molecule has 0 aromatic carbocycles. The third-order valence-electron chi connectivity index (χ3n) is 3.38. The summed E-state index contributed by atoms with van der Waals surface area (Å²) in [5, 5.41) is 2.34. The number of nitrogens with one attached hydrogen (secondary N) is 1. The van der Waals surface area contributed by atoms with Gasteiger partial charge in [-0.05, 0) is 25.8 Å². The summed E-state index contributed by atoms with van der Waals surface area (Å²) < 4.78 is 0. The predicted octanol–water partition coefficient (Wildman–Crippen LogP) is -0.929. The first-order valence-electron chi connectivity index (χ1n) is 5.41. The minimum Gasteiger partial charge on any atom is -0.328 e. The van der Waals surface area contributed by atoms with Crippen LogP contribution in [0.1, 0.15) is 19.8 Å². The second-order valence-electron chi connectivity index (χ2n) is 4.54. The molecular weight excluding hydrogens is 194 g/mol. The molecule has 84 valence electrons. The maximum atomic E-state index is 11.4. The lowest BCUT2D eigenvalue weighted by Crippen LogP contribution is -2.40. The molecule has 0 aromatic rings. The van der Waals surface area contributed by atoms with Crippen molar-refractivity contribution < 1.29 is 9.59 Å². The molecule has 2 aliphatic heterocycles. The molecule has 0 radical (unpaired) electrons. The van der Waals surface area contributed by atoms with Gasteiger partial charge in [0.15, 0.2) is 0 Å². The van der Waals surface area contributed by atoms with Gasteiger partial charge < -0.3 is 5.73 Å². The molecule has 5 nitrogen and oxygen atoms in total. The van der Waals surface area contributed by atoms with Crippen LogP contribution in [0.15, 0.2) is 0 Å². The number of likely N-dealkylation sites (tertiary alicyclic amines) is 1. The zero-order valence-electron chi connectivity index (χ0n) is 8.90. The molecule has 0 saturated carbocycles. The molecule has 3 N–H and O–H groups in total. The highest BCUT2D eigenvalue weighted by Crippen LogP contribution is 2.23. The van der Waals surface area contributed by atoms with Gasteiger partial charge in [-0.15, -0.1) is 0 Å². The van der Waals surface area contributed by atoms with Gasteiger partial charge in [-0.25, -0.2) is 0 Å². The van der Waals surface area contributed by atoms with Crippen LogP contribution in [0, 0.1) is 5.92 Å². The third kappa shape index (κ3) is 2.03. The van der Waals surface area contributed by atoms with Gasteiger partial charge in [0.2, 0.25) is 11.8 Å². The van der Waals surface area contributed by atoms with Crippen molar-refractivity contribution in [2.75, 3.05) is 13.1 Å². The highest BCUT2D eigenvalue weighted by molar-refractivity contribution is 6.05. The van der Waals surface area contributed by atoms with E-state index < -0.39 is 0 Å². The van der Waals surface area contributed by atoms with Gasteiger partial charge in [0.1, 0.15) is 0 Å². The highest BCUT2D eigenvalue weighted by atomic mass is 16.2. The summed E-state index contributed by atoms with van der Waals surface area (Å²) in [5.41, 5.74) is 5.83. The van der Waals surface area contributed by atoms with Gasteiger partial charge >= 0.3 is 0 Å². The molecule has 5 heteroatoms. The Balaban J connectivity index is 1.96. The maximum absolute atomic E-state index is 11.4. The first kappa shape index (κ1) is 10.6. The van der Waals surface area contributed by atoms with Crippen molar-refractivity contribution in [3.8, 4) is 0 Å². The fraction of sp³-hybridized carbons (Fsp3) is 0.800. The number of rotatable bonds is 2. The molecule has 15 heavy (non-hydrogen) atoms. The van der Waals surface area contributed by atoms with E-state index in [9.17, 15) is 9.59 Å². The first-order chi connectivity index (χ1) is 7.08. The van der Waals surface area contributed by atoms with E-state index in [0.29, 0.717) is 12.3 Å². The Bertz CT molecular complexity index is 290. The van der Waals surface area contributed by atoms with Crippen LogP contribution in [0.3, 0.4) is 0 Å². The van der Waals surface area contributed by atoms with Crippen molar-refractivity contribution >= 4 is 11.8 Å². The molecule has 0 aromatic heterocycles. The zero-order chi connectivity index (χ0) is 11.0. The van der Waals surface area contributed by atoms with E-state index in [0.717, 1.165) is 19.5 Å². The normalized spacial score (nSPS) is 34.5. The maximum Gasteiger partial charge on any atom is 0.244 e. The first-order valence-corrected chi connectivity index (χ1v) is 5.41. The summed E-state index contributed by atoms with van der Waals surface area (Å²) in [4.78, 5) is 24.6. The summed E-state index contributed by atoms with van der Waals surface area (Å²) in [7, 11) is 0. The number of hydrogen-bond acceptors (Lipinski definition) is 4. The Morgan fingerprint density at radius 3 is 2.73 bits per heavy atom. The van der Waals surface area contributed by atoms with E-state index in [2.05, 4.69) is 10.2 Å². The molecule has 2 fully saturated rings. The SMILES string of the molecule is CC(N)C1CCN(C2CC(=O)NC2=O)C1. The number of hydrogen-bond donors (Lipinski definition) is 2. The van der Waals surface area contributed by atoms with Gasteiger partial charge in [0.25, 0.3) is 0 Å². The summed E-state index contributed by atoms with van der Waals surface area (Å²) in [5.74, 6) is 0.146. The van der Waals surface area contributed by atoms with Crippen LogP contribution >= 0.6 is 0 Å². The number of nitrogens with two attached hydrogens (primary N) is 1. The average molecular weight is 211 g/mol. The number of carbonyl (C=O) groups is 2. The molecule has 2 amide bonds. The van der Waals surface area contributed by atoms with Crippen LogP contribution < -0.4 is 11.1 Å². The lowest BCUT2D eigenvalue weighted by atomic mass is 10.0. The molecule has 0 bridgehead atoms. The summed E-state index contributed by atoms with van der Waals surface area (Å²) >= 11 is 0. The van der Waals surface area contributed by atoms with E-state index in [1.807, 2.05) is 6.92 Å². The van der Waals surface area contributed by atoms with Gasteiger partial charge in [0.05, 0.1) is 12.5 Å². The number of imide groups is 1. The zero-order valence-corrected chi connectivity index (χ0v) is 8.90. The average Bonchev–Trinajstić information content (AvgIpc) is 2.71. The number of carbonyl (C=O) groups excluding carboxylic acids is 2. The van der Waals surface area contributed by atoms with Crippen molar-refractivity contribution in [3.63, 3.8) is 0 Å². The molecular formula is C10H17N3O2. The Hall–Kier alpha value is -0.940. The predicted molar refractivity (Wildman–Crippen MR) is 54.9 cm³/mol. The smallest absolute Gasteiger partial charge is 0.244 e. The monoisotopic (exact) mass is 211 g/mol. The number of amides is 2. The van der Waals surface area contributed by atoms with E-state index in [-0.39, 0.29) is 23.9 Å². The van der Waals surface area contributed by atoms with Crippen LogP contribution in [0.2, 0.25) is 0 Å². The van der Waals surface area contributed by atoms with Gasteiger partial charge in [-0.1, -0.05) is 0 Å². The van der Waals surface area contributed by atoms with E-state index in [1.54, 1.807) is 0 Å². The van der Waals surface area contributed by atoms with Gasteiger partial charge in [0, 0.05) is 12.6 Å². The lowest BCUT2D eigenvalue weighted by molar-refractivity contribution is -0.126. The van der Waals surface area contributed by atoms with E-state index in [4.69, 9.17) is 5.73 Å². The quantitative estimate of drug-likeness (QED) is 0.579. The van der Waals surface area contributed by atoms with Crippen LogP contribution in [0.25, 0.3) is 0 Å². The van der Waals surface area contributed by atoms with Crippen LogP contribution in [-0.4, -0.2) is 41.9 Å². The minimum absolute atomic E-state index is 0.148. The second kappa shape index (κ2) is 3.90. The lowest BCUT2D eigenvalue weighted by Gasteiger charge is -2.21. The largest absolute Gasteiger partial charge is 0.328 e. The summed E-state index contributed by atoms with van der Waals surface area (Å²) in [6, 6.07) is -0.0867. The topological polar surface area (TPSA) is 75.4 Å². The van der Waals surface area contributed by atoms with Crippen molar-refractivity contribution in [2.45, 2.75) is 31.8 Å². The van der Waals surface area contributed by atoms with Crippen molar-refractivity contribution in [2.24, 2.45) is 11.7 Å². The fourth-order valence-corrected chi connectivity index (χ4v) is 2.36. The molecule has 2 aliphatic rings. The Morgan fingerprint density at radius 1 is 1.53 bits per heavy atom. The van der Waals surface area contributed by atoms with Gasteiger partial charge in [-0.2, -0.15) is 0 Å². The molecule has 0 aliphatic carbocycles. The Labute approximate surface area is 89.0 Å². The van der Waals surface area contributed by atoms with Crippen LogP contribution in [0.4, 0.5) is 0 Å². The molecule has 3 atom stereocenters. The highest BCUT2D eigenvalue weighted by Gasteiger charge is 2.39. The molecule has 2 rings (SSSR count). The van der Waals surface area contributed by atoms with Crippen LogP contribution in [-0.2, 0) is 9.59 Å². The fourth-order valence-electron chi connectivity index (χ4n) is 2.36. The minimum atomic E-state index is -0.249. The Kier molecular flexibility index (Phi) is 2.75. The summed E-state index contributed by atoms with van der Waals surface area (Å²) in [6.45, 7) is 3.70. The molecule has 2 saturated heterocycles. The van der Waals surface area contributed by atoms with Crippen molar-refractivity contribution in [1.29, 1.82) is 0 Å². The third-order valence-corrected chi connectivity index (χ3v) is 3.38. The molecule has 3 unspecified atom stereocenters. The Morgan fingerprint density at radius 2 is 2.27 bits per heavy atom. The molecule has 0 spiro atoms. The van der Waals surface area contributed by atoms with Crippen molar-refractivity contribution in [1.82, 2.24) is 10.2 Å². The van der Waals surface area contributed by atoms with E-state index >= 15 is 0 Å². The van der Waals surface area contributed by atoms with Crippen LogP contribution in [0.5, 0.6) is 0 Å². The second-order valence-corrected chi connectivity index (χ2v) is 4.54. The van der Waals surface area contributed by atoms with E-state index in [1.165, 1.54) is 0 Å². The standard InChI is InChI=1S/C10H17N3O2/c1-6(11)7-2-3-13(5-7)8-4-9(14)12-10(8)15/h6-8H,2-5,11H2,1H3,(H,12,14,15). The van der Waals surface area contributed by atoms with Gasteiger partial charge in [-0.3, -0.25) is 19.8 Å². The summed E-state index contributed by atoms with van der Waals surface area (Å²) in [6.07, 6.45) is 1.33. The van der Waals surface area contributed by atoms with Crippen molar-refractivity contribution in [3.05, 3.63) is 0 Å².